The van der Waals surface area contributed by atoms with E-state index in [0.717, 1.165) is 0 Å². The lowest BCUT2D eigenvalue weighted by atomic mass is 9.99. The summed E-state index contributed by atoms with van der Waals surface area (Å²) in [6.45, 7) is 1.45. The van der Waals surface area contributed by atoms with Crippen LogP contribution in [0.5, 0.6) is 0 Å². The van der Waals surface area contributed by atoms with Gasteiger partial charge in [0.1, 0.15) is 0 Å². The summed E-state index contributed by atoms with van der Waals surface area (Å²) >= 11 is 24.3. The van der Waals surface area contributed by atoms with Gasteiger partial charge in [0.05, 0.1) is 10.1 Å². The Morgan fingerprint density at radius 1 is 0.905 bits per heavy atom. The van der Waals surface area contributed by atoms with Crippen molar-refractivity contribution in [2.45, 2.75) is 6.92 Å². The highest BCUT2D eigenvalue weighted by atomic mass is 35.5. The Labute approximate surface area is 143 Å². The van der Waals surface area contributed by atoms with Gasteiger partial charge in [0, 0.05) is 21.2 Å². The first kappa shape index (κ1) is 16.4. The average Bonchev–Trinajstić information content (AvgIpc) is 2.40. The normalized spacial score (nSPS) is 12.0. The molecule has 0 saturated carbocycles. The molecule has 0 spiro atoms. The molecule has 0 aliphatic rings. The third kappa shape index (κ3) is 3.81. The molecular weight excluding hydrogens is 350 g/mol. The highest BCUT2D eigenvalue weighted by molar-refractivity contribution is 6.58. The Balaban J connectivity index is 2.63. The maximum Gasteiger partial charge on any atom is 0.161 e. The van der Waals surface area contributed by atoms with E-state index >= 15 is 0 Å². The van der Waals surface area contributed by atoms with E-state index in [1.54, 1.807) is 42.5 Å². The molecule has 0 fully saturated rings. The second kappa shape index (κ2) is 6.85. The van der Waals surface area contributed by atoms with Crippen molar-refractivity contribution < 1.29 is 4.79 Å². The lowest BCUT2D eigenvalue weighted by Gasteiger charge is -2.10. The second-order valence-corrected chi connectivity index (χ2v) is 6.03. The first-order chi connectivity index (χ1) is 9.90. The molecule has 0 saturated heterocycles. The molecule has 0 heterocycles. The number of carbonyl (C=O) groups is 1. The van der Waals surface area contributed by atoms with E-state index in [-0.39, 0.29) is 10.8 Å². The number of benzene rings is 2. The quantitative estimate of drug-likeness (QED) is 0.461. The molecule has 0 bridgehead atoms. The predicted octanol–water partition coefficient (Wildman–Crippen LogP) is 6.34. The van der Waals surface area contributed by atoms with E-state index in [1.807, 2.05) is 0 Å². The zero-order chi connectivity index (χ0) is 15.6. The van der Waals surface area contributed by atoms with Gasteiger partial charge < -0.3 is 0 Å². The molecule has 0 atom stereocenters. The van der Waals surface area contributed by atoms with Crippen LogP contribution in [-0.4, -0.2) is 5.78 Å². The van der Waals surface area contributed by atoms with E-state index in [4.69, 9.17) is 46.4 Å². The molecule has 0 amide bonds. The monoisotopic (exact) mass is 358 g/mol. The highest BCUT2D eigenvalue weighted by Crippen LogP contribution is 2.35. The van der Waals surface area contributed by atoms with Gasteiger partial charge >= 0.3 is 0 Å². The van der Waals surface area contributed by atoms with Crippen molar-refractivity contribution in [1.29, 1.82) is 0 Å². The van der Waals surface area contributed by atoms with Crippen molar-refractivity contribution in [3.63, 3.8) is 0 Å². The van der Waals surface area contributed by atoms with Crippen LogP contribution in [0.4, 0.5) is 0 Å². The van der Waals surface area contributed by atoms with Crippen LogP contribution in [0.25, 0.3) is 10.6 Å². The summed E-state index contributed by atoms with van der Waals surface area (Å²) in [5.74, 6) is -0.159. The lowest BCUT2D eigenvalue weighted by molar-refractivity contribution is -0.111. The summed E-state index contributed by atoms with van der Waals surface area (Å²) < 4.78 is 0. The molecule has 0 aliphatic heterocycles. The number of ketones is 1. The number of hydrogen-bond acceptors (Lipinski definition) is 1. The summed E-state index contributed by atoms with van der Waals surface area (Å²) in [4.78, 5) is 12.0. The minimum atomic E-state index is -0.159. The second-order valence-electron chi connectivity index (χ2n) is 4.38. The summed E-state index contributed by atoms with van der Waals surface area (Å²) in [7, 11) is 0. The van der Waals surface area contributed by atoms with Crippen molar-refractivity contribution in [2.75, 3.05) is 0 Å². The molecule has 5 heteroatoms. The fourth-order valence-electron chi connectivity index (χ4n) is 1.90. The number of allylic oxidation sites excluding steroid dienone is 1. The maximum absolute atomic E-state index is 12.0. The molecule has 0 aromatic heterocycles. The molecule has 0 radical (unpaired) electrons. The average molecular weight is 360 g/mol. The van der Waals surface area contributed by atoms with Crippen LogP contribution >= 0.6 is 46.4 Å². The van der Waals surface area contributed by atoms with Crippen LogP contribution in [-0.2, 0) is 4.79 Å². The molecule has 21 heavy (non-hydrogen) atoms. The third-order valence-electron chi connectivity index (χ3n) is 2.87. The molecule has 0 N–H and O–H groups in total. The summed E-state index contributed by atoms with van der Waals surface area (Å²) in [6, 6.07) is 11.8. The van der Waals surface area contributed by atoms with Gasteiger partial charge in [-0.25, -0.2) is 0 Å². The predicted molar refractivity (Wildman–Crippen MR) is 91.3 cm³/mol. The number of halogens is 4. The van der Waals surface area contributed by atoms with Crippen LogP contribution in [0.15, 0.2) is 42.5 Å². The molecule has 2 aromatic carbocycles. The van der Waals surface area contributed by atoms with E-state index in [9.17, 15) is 4.79 Å². The smallest absolute Gasteiger partial charge is 0.161 e. The van der Waals surface area contributed by atoms with Crippen LogP contribution in [0.2, 0.25) is 15.1 Å². The van der Waals surface area contributed by atoms with Gasteiger partial charge in [0.15, 0.2) is 5.78 Å². The topological polar surface area (TPSA) is 17.1 Å². The number of carbonyl (C=O) groups excluding carboxylic acids is 1. The minimum absolute atomic E-state index is 0.159. The Kier molecular flexibility index (Phi) is 5.34. The largest absolute Gasteiger partial charge is 0.294 e. The summed E-state index contributed by atoms with van der Waals surface area (Å²) in [6.07, 6.45) is 0. The van der Waals surface area contributed by atoms with Crippen LogP contribution in [0, 0.1) is 0 Å². The SMILES string of the molecule is CC(=O)/C(=C(/Cl)c1ccc(Cl)cc1Cl)c1ccc(Cl)cc1. The van der Waals surface area contributed by atoms with Gasteiger partial charge in [-0.05, 0) is 36.8 Å². The van der Waals surface area contributed by atoms with Gasteiger partial charge in [-0.15, -0.1) is 0 Å². The number of hydrogen-bond donors (Lipinski definition) is 0. The van der Waals surface area contributed by atoms with Crippen LogP contribution < -0.4 is 0 Å². The van der Waals surface area contributed by atoms with E-state index in [2.05, 4.69) is 0 Å². The number of Topliss-reactive ketones (excluding diaryl/α,β-unsaturated/α-hetero) is 1. The van der Waals surface area contributed by atoms with Crippen LogP contribution in [0.3, 0.4) is 0 Å². The Hall–Kier alpha value is -0.990. The molecule has 2 aromatic rings. The van der Waals surface area contributed by atoms with Gasteiger partial charge in [-0.3, -0.25) is 4.79 Å². The summed E-state index contributed by atoms with van der Waals surface area (Å²) in [5, 5.41) is 1.76. The van der Waals surface area contributed by atoms with Crippen LogP contribution in [0.1, 0.15) is 18.1 Å². The number of rotatable bonds is 3. The zero-order valence-corrected chi connectivity index (χ0v) is 14.0. The lowest BCUT2D eigenvalue weighted by Crippen LogP contribution is -1.99. The van der Waals surface area contributed by atoms with Gasteiger partial charge in [-0.1, -0.05) is 64.6 Å². The Morgan fingerprint density at radius 2 is 1.48 bits per heavy atom. The van der Waals surface area contributed by atoms with Gasteiger partial charge in [0.2, 0.25) is 0 Å². The Morgan fingerprint density at radius 3 is 2.00 bits per heavy atom. The van der Waals surface area contributed by atoms with Crippen molar-refractivity contribution in [3.8, 4) is 0 Å². The zero-order valence-electron chi connectivity index (χ0n) is 11.0. The maximum atomic E-state index is 12.0. The van der Waals surface area contributed by atoms with Crippen molar-refractivity contribution in [3.05, 3.63) is 68.7 Å². The van der Waals surface area contributed by atoms with Gasteiger partial charge in [-0.2, -0.15) is 0 Å². The molecule has 2 rings (SSSR count). The van der Waals surface area contributed by atoms with E-state index in [1.165, 1.54) is 6.92 Å². The molecule has 0 unspecified atom stereocenters. The molecule has 1 nitrogen and oxygen atoms in total. The molecule has 108 valence electrons. The standard InChI is InChI=1S/C16H10Cl4O/c1-9(21)15(10-2-4-11(17)5-3-10)16(20)13-7-6-12(18)8-14(13)19/h2-8H,1H3/b16-15-. The van der Waals surface area contributed by atoms with Crippen molar-refractivity contribution in [1.82, 2.24) is 0 Å². The van der Waals surface area contributed by atoms with Crippen molar-refractivity contribution in [2.24, 2.45) is 0 Å². The molecular formula is C16H10Cl4O. The first-order valence-corrected chi connectivity index (χ1v) is 7.53. The highest BCUT2D eigenvalue weighted by Gasteiger charge is 2.16. The van der Waals surface area contributed by atoms with E-state index < -0.39 is 0 Å². The van der Waals surface area contributed by atoms with Gasteiger partial charge in [0.25, 0.3) is 0 Å². The minimum Gasteiger partial charge on any atom is -0.294 e. The first-order valence-electron chi connectivity index (χ1n) is 6.02. The fourth-order valence-corrected chi connectivity index (χ4v) is 2.99. The van der Waals surface area contributed by atoms with Crippen molar-refractivity contribution >= 4 is 62.8 Å². The third-order valence-corrected chi connectivity index (χ3v) is 4.06. The summed E-state index contributed by atoms with van der Waals surface area (Å²) in [5.41, 5.74) is 1.63. The Bertz CT molecular complexity index is 718. The fraction of sp³-hybridized carbons (Fsp3) is 0.0625. The van der Waals surface area contributed by atoms with E-state index in [0.29, 0.717) is 31.8 Å². The molecule has 0 aliphatic carbocycles.